The Labute approximate surface area is 84.1 Å². The number of aryl methyl sites for hydroxylation is 1. The van der Waals surface area contributed by atoms with E-state index >= 15 is 0 Å². The molecule has 0 saturated heterocycles. The minimum absolute atomic E-state index is 0.412. The summed E-state index contributed by atoms with van der Waals surface area (Å²) in [5, 5.41) is 10.5. The quantitative estimate of drug-likeness (QED) is 0.608. The summed E-state index contributed by atoms with van der Waals surface area (Å²) in [5.41, 5.74) is 0.365. The van der Waals surface area contributed by atoms with Crippen LogP contribution in [-0.4, -0.2) is 14.9 Å². The normalized spacial score (nSPS) is 10.8. The van der Waals surface area contributed by atoms with Crippen LogP contribution in [0, 0.1) is 15.9 Å². The molecule has 2 aromatic rings. The Bertz CT molecular complexity index is 535. The highest BCUT2D eigenvalue weighted by molar-refractivity contribution is 5.78. The van der Waals surface area contributed by atoms with Crippen molar-refractivity contribution in [2.24, 2.45) is 0 Å². The molecule has 5 nitrogen and oxygen atoms in total. The van der Waals surface area contributed by atoms with Gasteiger partial charge in [0, 0.05) is 18.6 Å². The number of halogens is 1. The first-order chi connectivity index (χ1) is 7.11. The molecule has 1 aromatic carbocycles. The monoisotopic (exact) mass is 209 g/mol. The van der Waals surface area contributed by atoms with Gasteiger partial charge >= 0.3 is 5.69 Å². The first-order valence-corrected chi connectivity index (χ1v) is 4.44. The predicted molar refractivity (Wildman–Crippen MR) is 52.1 cm³/mol. The van der Waals surface area contributed by atoms with Crippen molar-refractivity contribution in [2.75, 3.05) is 0 Å². The van der Waals surface area contributed by atoms with Crippen molar-refractivity contribution < 1.29 is 9.31 Å². The van der Waals surface area contributed by atoms with Crippen LogP contribution in [0.3, 0.4) is 0 Å². The molecule has 0 aliphatic heterocycles. The molecule has 0 radical (unpaired) electrons. The van der Waals surface area contributed by atoms with Gasteiger partial charge in [-0.25, -0.2) is 4.98 Å². The minimum Gasteiger partial charge on any atom is -0.342 e. The van der Waals surface area contributed by atoms with Crippen molar-refractivity contribution in [2.45, 2.75) is 13.3 Å². The number of nitrogens with zero attached hydrogens (tertiary/aromatic N) is 2. The number of hydrogen-bond donors (Lipinski definition) is 1. The van der Waals surface area contributed by atoms with Gasteiger partial charge in [-0.15, -0.1) is 0 Å². The van der Waals surface area contributed by atoms with E-state index in [4.69, 9.17) is 0 Å². The van der Waals surface area contributed by atoms with Gasteiger partial charge in [-0.1, -0.05) is 6.92 Å². The lowest BCUT2D eigenvalue weighted by molar-refractivity contribution is -0.387. The van der Waals surface area contributed by atoms with Gasteiger partial charge in [-0.2, -0.15) is 4.39 Å². The zero-order valence-electron chi connectivity index (χ0n) is 7.95. The average molecular weight is 209 g/mol. The maximum Gasteiger partial charge on any atom is 0.307 e. The van der Waals surface area contributed by atoms with E-state index in [1.54, 1.807) is 0 Å². The number of fused-ring (bicyclic) bond motifs is 1. The average Bonchev–Trinajstić information content (AvgIpc) is 2.58. The molecule has 0 bridgehead atoms. The Balaban J connectivity index is 2.68. The molecule has 0 aliphatic carbocycles. The largest absolute Gasteiger partial charge is 0.342 e. The van der Waals surface area contributed by atoms with Crippen LogP contribution >= 0.6 is 0 Å². The van der Waals surface area contributed by atoms with Gasteiger partial charge < -0.3 is 4.98 Å². The van der Waals surface area contributed by atoms with Crippen LogP contribution in [0.4, 0.5) is 10.1 Å². The zero-order valence-corrected chi connectivity index (χ0v) is 7.95. The summed E-state index contributed by atoms with van der Waals surface area (Å²) in [6.45, 7) is 1.89. The fourth-order valence-electron chi connectivity index (χ4n) is 1.38. The van der Waals surface area contributed by atoms with E-state index in [1.165, 1.54) is 0 Å². The molecule has 6 heteroatoms. The molecule has 2 rings (SSSR count). The Morgan fingerprint density at radius 1 is 1.60 bits per heavy atom. The predicted octanol–water partition coefficient (Wildman–Crippen LogP) is 2.17. The van der Waals surface area contributed by atoms with E-state index in [9.17, 15) is 14.5 Å². The molecule has 1 N–H and O–H groups in total. The topological polar surface area (TPSA) is 71.8 Å². The van der Waals surface area contributed by atoms with Gasteiger partial charge in [-0.05, 0) is 0 Å². The highest BCUT2D eigenvalue weighted by atomic mass is 19.1. The van der Waals surface area contributed by atoms with Crippen molar-refractivity contribution in [3.63, 3.8) is 0 Å². The SMILES string of the molecule is CCc1nc2cc(F)c([N+](=O)[O-])cc2[nH]1. The van der Waals surface area contributed by atoms with Crippen LogP contribution in [0.15, 0.2) is 12.1 Å². The summed E-state index contributed by atoms with van der Waals surface area (Å²) in [5.74, 6) is -0.174. The van der Waals surface area contributed by atoms with Crippen LogP contribution in [0.1, 0.15) is 12.7 Å². The lowest BCUT2D eigenvalue weighted by Crippen LogP contribution is -1.91. The fraction of sp³-hybridized carbons (Fsp3) is 0.222. The Kier molecular flexibility index (Phi) is 2.11. The zero-order chi connectivity index (χ0) is 11.0. The van der Waals surface area contributed by atoms with Crippen molar-refractivity contribution in [1.82, 2.24) is 9.97 Å². The second kappa shape index (κ2) is 3.30. The molecule has 0 fully saturated rings. The highest BCUT2D eigenvalue weighted by Crippen LogP contribution is 2.23. The first-order valence-electron chi connectivity index (χ1n) is 4.44. The second-order valence-electron chi connectivity index (χ2n) is 3.11. The van der Waals surface area contributed by atoms with Gasteiger partial charge in [0.15, 0.2) is 0 Å². The fourth-order valence-corrected chi connectivity index (χ4v) is 1.38. The Morgan fingerprint density at radius 3 is 2.93 bits per heavy atom. The van der Waals surface area contributed by atoms with Crippen molar-refractivity contribution in [1.29, 1.82) is 0 Å². The number of nitro groups is 1. The van der Waals surface area contributed by atoms with Crippen LogP contribution < -0.4 is 0 Å². The lowest BCUT2D eigenvalue weighted by Gasteiger charge is -1.92. The second-order valence-corrected chi connectivity index (χ2v) is 3.11. The molecular formula is C9H8FN3O2. The number of rotatable bonds is 2. The maximum atomic E-state index is 13.2. The van der Waals surface area contributed by atoms with Crippen molar-refractivity contribution >= 4 is 16.7 Å². The first kappa shape index (κ1) is 9.57. The van der Waals surface area contributed by atoms with Gasteiger partial charge in [0.1, 0.15) is 5.82 Å². The third-order valence-corrected chi connectivity index (χ3v) is 2.13. The number of H-pyrrole nitrogens is 1. The number of benzene rings is 1. The molecule has 0 unspecified atom stereocenters. The van der Waals surface area contributed by atoms with E-state index in [1.807, 2.05) is 6.92 Å². The van der Waals surface area contributed by atoms with Crippen LogP contribution in [0.2, 0.25) is 0 Å². The van der Waals surface area contributed by atoms with E-state index < -0.39 is 16.4 Å². The molecule has 0 atom stereocenters. The number of nitrogens with one attached hydrogen (secondary N) is 1. The molecule has 1 aromatic heterocycles. The van der Waals surface area contributed by atoms with E-state index in [0.29, 0.717) is 23.3 Å². The summed E-state index contributed by atoms with van der Waals surface area (Å²) in [4.78, 5) is 16.7. The third-order valence-electron chi connectivity index (χ3n) is 2.13. The molecular weight excluding hydrogens is 201 g/mol. The summed E-state index contributed by atoms with van der Waals surface area (Å²) < 4.78 is 13.2. The van der Waals surface area contributed by atoms with Crippen LogP contribution in [0.5, 0.6) is 0 Å². The summed E-state index contributed by atoms with van der Waals surface area (Å²) in [6, 6.07) is 2.24. The van der Waals surface area contributed by atoms with Crippen molar-refractivity contribution in [3.05, 3.63) is 33.9 Å². The Hall–Kier alpha value is -1.98. The summed E-state index contributed by atoms with van der Waals surface area (Å²) in [6.07, 6.45) is 0.671. The molecule has 15 heavy (non-hydrogen) atoms. The molecule has 0 aliphatic rings. The minimum atomic E-state index is -0.860. The smallest absolute Gasteiger partial charge is 0.307 e. The number of nitro benzene ring substituents is 1. The van der Waals surface area contributed by atoms with Crippen LogP contribution in [0.25, 0.3) is 11.0 Å². The third kappa shape index (κ3) is 1.54. The molecule has 0 spiro atoms. The number of imidazole rings is 1. The van der Waals surface area contributed by atoms with E-state index in [-0.39, 0.29) is 0 Å². The number of aromatic nitrogens is 2. The molecule has 0 saturated carbocycles. The lowest BCUT2D eigenvalue weighted by atomic mass is 10.2. The highest BCUT2D eigenvalue weighted by Gasteiger charge is 2.16. The maximum absolute atomic E-state index is 13.2. The summed E-state index contributed by atoms with van der Waals surface area (Å²) in [7, 11) is 0. The van der Waals surface area contributed by atoms with Gasteiger partial charge in [0.2, 0.25) is 5.82 Å². The summed E-state index contributed by atoms with van der Waals surface area (Å²) >= 11 is 0. The van der Waals surface area contributed by atoms with Gasteiger partial charge in [0.05, 0.1) is 16.0 Å². The van der Waals surface area contributed by atoms with Gasteiger partial charge in [-0.3, -0.25) is 10.1 Å². The molecule has 1 heterocycles. The molecule has 0 amide bonds. The molecule has 78 valence electrons. The standard InChI is InChI=1S/C9H8FN3O2/c1-2-9-11-6-3-5(10)8(13(14)15)4-7(6)12-9/h3-4H,2H2,1H3,(H,11,12). The Morgan fingerprint density at radius 2 is 2.33 bits per heavy atom. The van der Waals surface area contributed by atoms with Crippen molar-refractivity contribution in [3.8, 4) is 0 Å². The van der Waals surface area contributed by atoms with Gasteiger partial charge in [0.25, 0.3) is 0 Å². The number of aromatic amines is 1. The van der Waals surface area contributed by atoms with Crippen LogP contribution in [-0.2, 0) is 6.42 Å². The number of hydrogen-bond acceptors (Lipinski definition) is 3. The van der Waals surface area contributed by atoms with E-state index in [2.05, 4.69) is 9.97 Å². The van der Waals surface area contributed by atoms with E-state index in [0.717, 1.165) is 12.1 Å².